The highest BCUT2D eigenvalue weighted by molar-refractivity contribution is 5.96. The molecule has 0 aromatic carbocycles. The van der Waals surface area contributed by atoms with Crippen molar-refractivity contribution in [3.05, 3.63) is 11.6 Å². The van der Waals surface area contributed by atoms with E-state index in [-0.39, 0.29) is 41.9 Å². The number of hydrogen-bond donors (Lipinski definition) is 0. The Balaban J connectivity index is 1.93. The van der Waals surface area contributed by atoms with Crippen molar-refractivity contribution in [3.8, 4) is 0 Å². The number of esters is 1. The van der Waals surface area contributed by atoms with Gasteiger partial charge in [-0.1, -0.05) is 6.08 Å². The predicted octanol–water partition coefficient (Wildman–Crippen LogP) is 0.682. The van der Waals surface area contributed by atoms with Gasteiger partial charge in [-0.2, -0.15) is 0 Å². The highest BCUT2D eigenvalue weighted by Gasteiger charge is 2.55. The maximum absolute atomic E-state index is 12.0. The van der Waals surface area contributed by atoms with Crippen molar-refractivity contribution in [1.29, 1.82) is 0 Å². The van der Waals surface area contributed by atoms with Crippen molar-refractivity contribution in [3.63, 3.8) is 0 Å². The zero-order valence-corrected chi connectivity index (χ0v) is 10.4. The fourth-order valence-corrected chi connectivity index (χ4v) is 3.45. The highest BCUT2D eigenvalue weighted by Crippen LogP contribution is 2.50. The minimum atomic E-state index is -0.347. The molecule has 0 radical (unpaired) electrons. The Labute approximate surface area is 105 Å². The molecule has 18 heavy (non-hydrogen) atoms. The molecule has 98 valence electrons. The third kappa shape index (κ3) is 1.54. The summed E-state index contributed by atoms with van der Waals surface area (Å²) in [5.74, 6) is -0.376. The van der Waals surface area contributed by atoms with Crippen LogP contribution in [0.15, 0.2) is 11.6 Å². The largest absolute Gasteiger partial charge is 0.466 e. The number of Topliss-reactive ketones (excluding diaryl/α,β-unsaturated/α-hetero) is 1. The molecule has 3 aliphatic carbocycles. The molecule has 0 N–H and O–H groups in total. The molecule has 5 atom stereocenters. The van der Waals surface area contributed by atoms with Crippen LogP contribution in [0.1, 0.15) is 12.8 Å². The van der Waals surface area contributed by atoms with Gasteiger partial charge in [0, 0.05) is 43.3 Å². The first-order chi connectivity index (χ1) is 8.65. The van der Waals surface area contributed by atoms with Gasteiger partial charge in [0.25, 0.3) is 0 Å². The minimum Gasteiger partial charge on any atom is -0.466 e. The average molecular weight is 252 g/mol. The zero-order valence-electron chi connectivity index (χ0n) is 10.4. The quantitative estimate of drug-likeness (QED) is 0.676. The van der Waals surface area contributed by atoms with Gasteiger partial charge in [0.15, 0.2) is 6.29 Å². The van der Waals surface area contributed by atoms with E-state index in [2.05, 4.69) is 0 Å². The normalized spacial score (nSPS) is 41.6. The van der Waals surface area contributed by atoms with E-state index in [9.17, 15) is 9.59 Å². The zero-order chi connectivity index (χ0) is 12.9. The van der Waals surface area contributed by atoms with Crippen molar-refractivity contribution in [2.75, 3.05) is 14.2 Å². The minimum absolute atomic E-state index is 0.0863. The van der Waals surface area contributed by atoms with Crippen molar-refractivity contribution in [1.82, 2.24) is 0 Å². The van der Waals surface area contributed by atoms with E-state index >= 15 is 0 Å². The second-order valence-corrected chi connectivity index (χ2v) is 5.08. The second-order valence-electron chi connectivity index (χ2n) is 5.08. The molecule has 1 saturated heterocycles. The molecular formula is C13H16O5. The second kappa shape index (κ2) is 4.17. The van der Waals surface area contributed by atoms with Crippen LogP contribution in [0.3, 0.4) is 0 Å². The number of allylic oxidation sites excluding steroid dienone is 1. The van der Waals surface area contributed by atoms with Crippen LogP contribution in [-0.2, 0) is 23.8 Å². The van der Waals surface area contributed by atoms with E-state index in [1.165, 1.54) is 7.11 Å². The summed E-state index contributed by atoms with van der Waals surface area (Å²) in [6.45, 7) is 0. The van der Waals surface area contributed by atoms with E-state index in [4.69, 9.17) is 14.2 Å². The molecule has 0 aromatic heterocycles. The van der Waals surface area contributed by atoms with Crippen molar-refractivity contribution in [2.24, 2.45) is 17.8 Å². The number of ether oxygens (including phenoxy) is 3. The summed E-state index contributed by atoms with van der Waals surface area (Å²) in [6, 6.07) is 0. The molecule has 0 aromatic rings. The first-order valence-electron chi connectivity index (χ1n) is 6.16. The maximum Gasteiger partial charge on any atom is 0.333 e. The molecule has 1 heterocycles. The summed E-state index contributed by atoms with van der Waals surface area (Å²) >= 11 is 0. The van der Waals surface area contributed by atoms with Crippen LogP contribution in [-0.4, -0.2) is 38.4 Å². The molecule has 1 aliphatic heterocycles. The fourth-order valence-electron chi connectivity index (χ4n) is 3.45. The number of ketones is 1. The summed E-state index contributed by atoms with van der Waals surface area (Å²) in [5, 5.41) is 0. The van der Waals surface area contributed by atoms with Gasteiger partial charge in [0.2, 0.25) is 0 Å². The van der Waals surface area contributed by atoms with Crippen LogP contribution in [0.25, 0.3) is 0 Å². The summed E-state index contributed by atoms with van der Waals surface area (Å²) in [7, 11) is 2.96. The standard InChI is InChI=1S/C13H16O5/c1-16-11-5-8-6-3-9(13(15)17-2)7(4-10(6)14)12(8)18-11/h3,6-8,11-12H,4-5H2,1-2H3/t6-,7+,8-,11-,12+/m0/s1. The number of methoxy groups -OCH3 is 2. The predicted molar refractivity (Wildman–Crippen MR) is 60.5 cm³/mol. The monoisotopic (exact) mass is 252 g/mol. The van der Waals surface area contributed by atoms with Crippen LogP contribution in [0.4, 0.5) is 0 Å². The molecule has 0 amide bonds. The van der Waals surface area contributed by atoms with E-state index < -0.39 is 0 Å². The Kier molecular flexibility index (Phi) is 2.75. The number of hydrogen-bond acceptors (Lipinski definition) is 5. The maximum atomic E-state index is 12.0. The lowest BCUT2D eigenvalue weighted by atomic mass is 9.63. The third-order valence-electron chi connectivity index (χ3n) is 4.29. The average Bonchev–Trinajstić information content (AvgIpc) is 2.83. The van der Waals surface area contributed by atoms with Crippen LogP contribution < -0.4 is 0 Å². The van der Waals surface area contributed by atoms with E-state index in [0.717, 1.165) is 6.42 Å². The van der Waals surface area contributed by atoms with Gasteiger partial charge in [-0.3, -0.25) is 4.79 Å². The van der Waals surface area contributed by atoms with Gasteiger partial charge in [-0.25, -0.2) is 4.79 Å². The molecule has 2 fully saturated rings. The lowest BCUT2D eigenvalue weighted by Crippen LogP contribution is -2.47. The first-order valence-corrected chi connectivity index (χ1v) is 6.16. The highest BCUT2D eigenvalue weighted by atomic mass is 16.7. The Morgan fingerprint density at radius 2 is 2.22 bits per heavy atom. The molecular weight excluding hydrogens is 236 g/mol. The van der Waals surface area contributed by atoms with Crippen molar-refractivity contribution < 1.29 is 23.8 Å². The molecule has 4 aliphatic rings. The number of rotatable bonds is 2. The lowest BCUT2D eigenvalue weighted by molar-refractivity contribution is -0.149. The van der Waals surface area contributed by atoms with Crippen LogP contribution >= 0.6 is 0 Å². The first kappa shape index (κ1) is 11.9. The van der Waals surface area contributed by atoms with Gasteiger partial charge in [-0.15, -0.1) is 0 Å². The Hall–Kier alpha value is -1.20. The van der Waals surface area contributed by atoms with Crippen molar-refractivity contribution >= 4 is 11.8 Å². The van der Waals surface area contributed by atoms with E-state index in [0.29, 0.717) is 12.0 Å². The summed E-state index contributed by atoms with van der Waals surface area (Å²) in [5.41, 5.74) is 0.597. The van der Waals surface area contributed by atoms with Gasteiger partial charge in [0.05, 0.1) is 13.2 Å². The molecule has 4 rings (SSSR count). The van der Waals surface area contributed by atoms with Crippen molar-refractivity contribution in [2.45, 2.75) is 25.2 Å². The third-order valence-corrected chi connectivity index (χ3v) is 4.29. The molecule has 1 saturated carbocycles. The topological polar surface area (TPSA) is 61.8 Å². The van der Waals surface area contributed by atoms with E-state index in [1.54, 1.807) is 13.2 Å². The molecule has 5 nitrogen and oxygen atoms in total. The summed E-state index contributed by atoms with van der Waals surface area (Å²) < 4.78 is 15.8. The summed E-state index contributed by atoms with van der Waals surface area (Å²) in [6.07, 6.45) is 2.53. The van der Waals surface area contributed by atoms with Gasteiger partial charge in [-0.05, 0) is 0 Å². The molecule has 0 spiro atoms. The van der Waals surface area contributed by atoms with Crippen LogP contribution in [0.2, 0.25) is 0 Å². The SMILES string of the molecule is COC(=O)C1=C[C@@H]2C(=O)C[C@H]1[C@H]1O[C@H](OC)C[C@H]12. The van der Waals surface area contributed by atoms with Gasteiger partial charge >= 0.3 is 5.97 Å². The number of carbonyl (C=O) groups excluding carboxylic acids is 2. The Bertz CT molecular complexity index is 427. The molecule has 2 bridgehead atoms. The Morgan fingerprint density at radius 1 is 1.44 bits per heavy atom. The molecule has 0 unspecified atom stereocenters. The van der Waals surface area contributed by atoms with Crippen LogP contribution in [0.5, 0.6) is 0 Å². The molecule has 5 heteroatoms. The van der Waals surface area contributed by atoms with Gasteiger partial charge < -0.3 is 14.2 Å². The van der Waals surface area contributed by atoms with Gasteiger partial charge in [0.1, 0.15) is 5.78 Å². The Morgan fingerprint density at radius 3 is 2.89 bits per heavy atom. The lowest BCUT2D eigenvalue weighted by Gasteiger charge is -2.41. The fraction of sp³-hybridized carbons (Fsp3) is 0.692. The van der Waals surface area contributed by atoms with Crippen LogP contribution in [0, 0.1) is 17.8 Å². The summed E-state index contributed by atoms with van der Waals surface area (Å²) in [4.78, 5) is 23.7. The van der Waals surface area contributed by atoms with E-state index in [1.807, 2.05) is 0 Å². The smallest absolute Gasteiger partial charge is 0.333 e. The number of carbonyl (C=O) groups is 2. The number of fused-ring (bicyclic) bond motifs is 1.